The van der Waals surface area contributed by atoms with E-state index in [1.807, 2.05) is 0 Å². The van der Waals surface area contributed by atoms with Gasteiger partial charge in [-0.3, -0.25) is 0 Å². The lowest BCUT2D eigenvalue weighted by Crippen LogP contribution is -2.14. The van der Waals surface area contributed by atoms with Gasteiger partial charge in [-0.25, -0.2) is 0 Å². The van der Waals surface area contributed by atoms with Gasteiger partial charge < -0.3 is 4.90 Å². The van der Waals surface area contributed by atoms with Crippen molar-refractivity contribution in [2.45, 2.75) is 19.3 Å². The first-order valence-corrected chi connectivity index (χ1v) is 17.5. The summed E-state index contributed by atoms with van der Waals surface area (Å²) in [6.45, 7) is 4.69. The van der Waals surface area contributed by atoms with E-state index in [9.17, 15) is 0 Å². The van der Waals surface area contributed by atoms with Crippen LogP contribution in [0.3, 0.4) is 0 Å². The highest BCUT2D eigenvalue weighted by Gasteiger charge is 2.36. The minimum atomic E-state index is -0.0301. The number of hydrogen-bond donors (Lipinski definition) is 0. The smallest absolute Gasteiger partial charge is 0.0540 e. The van der Waals surface area contributed by atoms with Crippen molar-refractivity contribution in [2.75, 3.05) is 4.90 Å². The van der Waals surface area contributed by atoms with Gasteiger partial charge in [0.25, 0.3) is 0 Å². The Bertz CT molecular complexity index is 2490. The highest BCUT2D eigenvalue weighted by atomic mass is 15.1. The topological polar surface area (TPSA) is 3.24 Å². The molecule has 9 rings (SSSR count). The normalized spacial score (nSPS) is 12.8. The van der Waals surface area contributed by atoms with Crippen molar-refractivity contribution in [2.24, 2.45) is 0 Å². The van der Waals surface area contributed by atoms with Crippen LogP contribution in [-0.2, 0) is 5.41 Å². The Morgan fingerprint density at radius 1 is 0.360 bits per heavy atom. The van der Waals surface area contributed by atoms with Crippen molar-refractivity contribution in [1.29, 1.82) is 0 Å². The zero-order chi connectivity index (χ0) is 33.7. The van der Waals surface area contributed by atoms with Gasteiger partial charge in [0.15, 0.2) is 0 Å². The summed E-state index contributed by atoms with van der Waals surface area (Å²) in [6.07, 6.45) is 0. The van der Waals surface area contributed by atoms with Crippen LogP contribution in [0, 0.1) is 0 Å². The molecular formula is C49H37N. The number of nitrogens with zero attached hydrogens (tertiary/aromatic N) is 1. The van der Waals surface area contributed by atoms with Gasteiger partial charge >= 0.3 is 0 Å². The monoisotopic (exact) mass is 639 g/mol. The molecule has 0 N–H and O–H groups in total. The number of rotatable bonds is 6. The molecule has 8 aromatic rings. The summed E-state index contributed by atoms with van der Waals surface area (Å²) in [5, 5.41) is 2.49. The second kappa shape index (κ2) is 12.1. The first-order chi connectivity index (χ1) is 24.6. The fourth-order valence-electron chi connectivity index (χ4n) is 8.11. The van der Waals surface area contributed by atoms with Gasteiger partial charge in [0.1, 0.15) is 0 Å². The molecule has 1 aliphatic rings. The molecule has 8 aromatic carbocycles. The van der Waals surface area contributed by atoms with Crippen molar-refractivity contribution < 1.29 is 0 Å². The molecule has 0 radical (unpaired) electrons. The van der Waals surface area contributed by atoms with E-state index in [0.717, 1.165) is 17.1 Å². The van der Waals surface area contributed by atoms with Crippen LogP contribution in [-0.4, -0.2) is 0 Å². The standard InChI is InChI=1S/C49H37N/c1-49(2)44-27-11-9-23-43(44)48-40(25-15-28-45(48)49)35-30-32-38(33-31-35)50(37-20-7-4-8-21-37)46-29-12-10-22-41(46)42-26-14-19-36-18-13-24-39(47(36)42)34-16-5-3-6-17-34/h3-33H,1-2H3. The minimum Gasteiger partial charge on any atom is -0.310 e. The highest BCUT2D eigenvalue weighted by Crippen LogP contribution is 2.52. The van der Waals surface area contributed by atoms with Gasteiger partial charge in [-0.1, -0.05) is 172 Å². The van der Waals surface area contributed by atoms with Crippen molar-refractivity contribution in [3.63, 3.8) is 0 Å². The third-order valence-electron chi connectivity index (χ3n) is 10.5. The largest absolute Gasteiger partial charge is 0.310 e. The molecule has 0 amide bonds. The van der Waals surface area contributed by atoms with E-state index in [1.54, 1.807) is 0 Å². The Balaban J connectivity index is 1.20. The summed E-state index contributed by atoms with van der Waals surface area (Å²) in [7, 11) is 0. The average molecular weight is 640 g/mol. The highest BCUT2D eigenvalue weighted by molar-refractivity contribution is 6.08. The van der Waals surface area contributed by atoms with Gasteiger partial charge in [-0.2, -0.15) is 0 Å². The second-order valence-electron chi connectivity index (χ2n) is 13.7. The van der Waals surface area contributed by atoms with E-state index in [2.05, 4.69) is 207 Å². The number of para-hydroxylation sites is 2. The van der Waals surface area contributed by atoms with E-state index in [-0.39, 0.29) is 5.41 Å². The fourth-order valence-corrected chi connectivity index (χ4v) is 8.11. The van der Waals surface area contributed by atoms with Crippen molar-refractivity contribution in [1.82, 2.24) is 0 Å². The molecule has 0 aliphatic heterocycles. The predicted octanol–water partition coefficient (Wildman–Crippen LogP) is 13.6. The third kappa shape index (κ3) is 4.85. The SMILES string of the molecule is CC1(C)c2ccccc2-c2c(-c3ccc(N(c4ccccc4)c4ccccc4-c4cccc5cccc(-c6ccccc6)c45)cc3)cccc21. The quantitative estimate of drug-likeness (QED) is 0.175. The molecule has 0 bridgehead atoms. The zero-order valence-electron chi connectivity index (χ0n) is 28.3. The van der Waals surface area contributed by atoms with Crippen LogP contribution in [0.15, 0.2) is 188 Å². The first kappa shape index (κ1) is 29.9. The first-order valence-electron chi connectivity index (χ1n) is 17.5. The lowest BCUT2D eigenvalue weighted by Gasteiger charge is -2.28. The van der Waals surface area contributed by atoms with Crippen molar-refractivity contribution >= 4 is 27.8 Å². The summed E-state index contributed by atoms with van der Waals surface area (Å²) in [5.74, 6) is 0. The van der Waals surface area contributed by atoms with Crippen LogP contribution >= 0.6 is 0 Å². The molecule has 50 heavy (non-hydrogen) atoms. The molecular weight excluding hydrogens is 603 g/mol. The molecule has 0 saturated carbocycles. The van der Waals surface area contributed by atoms with E-state index in [1.165, 1.54) is 66.4 Å². The van der Waals surface area contributed by atoms with Gasteiger partial charge in [0, 0.05) is 22.4 Å². The van der Waals surface area contributed by atoms with Crippen LogP contribution in [0.5, 0.6) is 0 Å². The molecule has 0 unspecified atom stereocenters. The van der Waals surface area contributed by atoms with Crippen LogP contribution in [0.2, 0.25) is 0 Å². The minimum absolute atomic E-state index is 0.0301. The predicted molar refractivity (Wildman–Crippen MR) is 213 cm³/mol. The summed E-state index contributed by atoms with van der Waals surface area (Å²) in [5.41, 5.74) is 16.2. The van der Waals surface area contributed by atoms with E-state index >= 15 is 0 Å². The average Bonchev–Trinajstić information content (AvgIpc) is 3.42. The van der Waals surface area contributed by atoms with E-state index < -0.39 is 0 Å². The molecule has 0 fully saturated rings. The van der Waals surface area contributed by atoms with E-state index in [0.29, 0.717) is 0 Å². The molecule has 238 valence electrons. The maximum absolute atomic E-state index is 2.40. The number of fused-ring (bicyclic) bond motifs is 4. The molecule has 0 heterocycles. The molecule has 1 aliphatic carbocycles. The Morgan fingerprint density at radius 2 is 0.880 bits per heavy atom. The zero-order valence-corrected chi connectivity index (χ0v) is 28.3. The fraction of sp³-hybridized carbons (Fsp3) is 0.0612. The Kier molecular flexibility index (Phi) is 7.21. The second-order valence-corrected chi connectivity index (χ2v) is 13.7. The summed E-state index contributed by atoms with van der Waals surface area (Å²) >= 11 is 0. The van der Waals surface area contributed by atoms with Gasteiger partial charge in [-0.05, 0) is 91.2 Å². The van der Waals surface area contributed by atoms with Crippen LogP contribution in [0.1, 0.15) is 25.0 Å². The van der Waals surface area contributed by atoms with E-state index in [4.69, 9.17) is 0 Å². The molecule has 1 heteroatoms. The maximum Gasteiger partial charge on any atom is 0.0540 e. The number of benzene rings is 8. The summed E-state index contributed by atoms with van der Waals surface area (Å²) < 4.78 is 0. The maximum atomic E-state index is 2.40. The molecule has 0 aromatic heterocycles. The molecule has 0 saturated heterocycles. The molecule has 1 nitrogen and oxygen atoms in total. The van der Waals surface area contributed by atoms with Crippen molar-refractivity contribution in [3.05, 3.63) is 199 Å². The van der Waals surface area contributed by atoms with Gasteiger partial charge in [0.05, 0.1) is 5.69 Å². The Morgan fingerprint density at radius 3 is 1.64 bits per heavy atom. The van der Waals surface area contributed by atoms with Crippen LogP contribution in [0.25, 0.3) is 55.3 Å². The van der Waals surface area contributed by atoms with Gasteiger partial charge in [-0.15, -0.1) is 0 Å². The number of hydrogen-bond acceptors (Lipinski definition) is 1. The van der Waals surface area contributed by atoms with Gasteiger partial charge in [0.2, 0.25) is 0 Å². The Labute approximate surface area is 294 Å². The summed E-state index contributed by atoms with van der Waals surface area (Å²) in [4.78, 5) is 2.40. The Hall–Kier alpha value is -6.18. The lowest BCUT2D eigenvalue weighted by atomic mass is 9.82. The third-order valence-corrected chi connectivity index (χ3v) is 10.5. The number of anilines is 3. The molecule has 0 atom stereocenters. The van der Waals surface area contributed by atoms with Crippen LogP contribution in [0.4, 0.5) is 17.1 Å². The van der Waals surface area contributed by atoms with Crippen LogP contribution < -0.4 is 4.90 Å². The lowest BCUT2D eigenvalue weighted by molar-refractivity contribution is 0.660. The van der Waals surface area contributed by atoms with Crippen molar-refractivity contribution in [3.8, 4) is 44.5 Å². The molecule has 0 spiro atoms. The summed E-state index contributed by atoms with van der Waals surface area (Å²) in [6, 6.07) is 68.5.